The Morgan fingerprint density at radius 2 is 2.10 bits per heavy atom. The molecule has 4 rings (SSSR count). The number of benzene rings is 2. The number of hydrogen-bond donors (Lipinski definition) is 1. The molecule has 0 bridgehead atoms. The maximum atomic E-state index is 12.0. The van der Waals surface area contributed by atoms with Crippen LogP contribution in [0.5, 0.6) is 23.0 Å². The highest BCUT2D eigenvalue weighted by Crippen LogP contribution is 2.41. The molecule has 30 heavy (non-hydrogen) atoms. The number of nitrogens with one attached hydrogen (secondary N) is 1. The van der Waals surface area contributed by atoms with Crippen molar-refractivity contribution in [2.45, 2.75) is 6.92 Å². The first-order valence-corrected chi connectivity index (χ1v) is 9.00. The highest BCUT2D eigenvalue weighted by molar-refractivity contribution is 5.85. The van der Waals surface area contributed by atoms with Crippen LogP contribution in [0.3, 0.4) is 0 Å². The molecule has 0 saturated carbocycles. The van der Waals surface area contributed by atoms with Crippen molar-refractivity contribution in [2.75, 3.05) is 20.5 Å². The molecule has 1 N–H and O–H groups in total. The number of aryl methyl sites for hydroxylation is 1. The van der Waals surface area contributed by atoms with E-state index >= 15 is 0 Å². The van der Waals surface area contributed by atoms with Crippen molar-refractivity contribution in [1.82, 2.24) is 5.43 Å². The van der Waals surface area contributed by atoms with Gasteiger partial charge >= 0.3 is 5.63 Å². The van der Waals surface area contributed by atoms with Gasteiger partial charge in [-0.25, -0.2) is 10.2 Å². The fourth-order valence-electron chi connectivity index (χ4n) is 2.98. The zero-order valence-electron chi connectivity index (χ0n) is 16.3. The number of hydrazone groups is 1. The summed E-state index contributed by atoms with van der Waals surface area (Å²) < 4.78 is 26.5. The molecule has 9 heteroatoms. The van der Waals surface area contributed by atoms with Gasteiger partial charge in [-0.15, -0.1) is 0 Å². The van der Waals surface area contributed by atoms with Crippen LogP contribution in [0, 0.1) is 6.92 Å². The highest BCUT2D eigenvalue weighted by atomic mass is 16.7. The Balaban J connectivity index is 1.36. The van der Waals surface area contributed by atoms with E-state index in [1.807, 2.05) is 6.92 Å². The van der Waals surface area contributed by atoms with Gasteiger partial charge in [-0.05, 0) is 36.8 Å². The van der Waals surface area contributed by atoms with Crippen LogP contribution in [0.1, 0.15) is 11.1 Å². The van der Waals surface area contributed by atoms with Crippen molar-refractivity contribution >= 4 is 23.1 Å². The monoisotopic (exact) mass is 410 g/mol. The van der Waals surface area contributed by atoms with E-state index in [0.29, 0.717) is 34.1 Å². The lowest BCUT2D eigenvalue weighted by molar-refractivity contribution is -0.123. The van der Waals surface area contributed by atoms with Crippen molar-refractivity contribution < 1.29 is 28.2 Å². The van der Waals surface area contributed by atoms with Gasteiger partial charge in [0.25, 0.3) is 5.91 Å². The molecule has 2 aromatic carbocycles. The number of methoxy groups -OCH3 is 1. The zero-order chi connectivity index (χ0) is 21.1. The Bertz CT molecular complexity index is 1200. The SMILES string of the molecule is COc1cc(/C=N\NC(=O)COc2ccc3c(C)cc(=O)oc3c2)cc2c1OCO2. The van der Waals surface area contributed by atoms with Crippen LogP contribution >= 0.6 is 0 Å². The Labute approximate surface area is 170 Å². The number of nitrogens with zero attached hydrogens (tertiary/aromatic N) is 1. The van der Waals surface area contributed by atoms with Gasteiger partial charge in [0.1, 0.15) is 11.3 Å². The second-order valence-electron chi connectivity index (χ2n) is 6.45. The fourth-order valence-corrected chi connectivity index (χ4v) is 2.98. The van der Waals surface area contributed by atoms with Gasteiger partial charge in [0.2, 0.25) is 12.5 Å². The molecule has 1 aliphatic heterocycles. The van der Waals surface area contributed by atoms with Gasteiger partial charge in [0, 0.05) is 23.1 Å². The molecular weight excluding hydrogens is 392 g/mol. The summed E-state index contributed by atoms with van der Waals surface area (Å²) in [7, 11) is 1.52. The minimum Gasteiger partial charge on any atom is -0.493 e. The maximum Gasteiger partial charge on any atom is 0.336 e. The summed E-state index contributed by atoms with van der Waals surface area (Å²) in [5.41, 5.74) is 3.81. The topological polar surface area (TPSA) is 109 Å². The van der Waals surface area contributed by atoms with Crippen molar-refractivity contribution in [3.63, 3.8) is 0 Å². The van der Waals surface area contributed by atoms with Crippen LogP contribution in [0.25, 0.3) is 11.0 Å². The van der Waals surface area contributed by atoms with E-state index in [1.165, 1.54) is 19.4 Å². The van der Waals surface area contributed by atoms with Crippen LogP contribution in [0.2, 0.25) is 0 Å². The first-order chi connectivity index (χ1) is 14.5. The molecule has 2 heterocycles. The Kier molecular flexibility index (Phi) is 5.25. The predicted octanol–water partition coefficient (Wildman–Crippen LogP) is 2.37. The second kappa shape index (κ2) is 8.16. The molecule has 1 aliphatic rings. The standard InChI is InChI=1S/C21H18N2O7/c1-12-5-20(25)30-16-8-14(3-4-15(12)16)27-10-19(24)23-22-9-13-6-17(26-2)21-18(7-13)28-11-29-21/h3-9H,10-11H2,1-2H3,(H,23,24)/b22-9-. The third-order valence-electron chi connectivity index (χ3n) is 4.38. The van der Waals surface area contributed by atoms with Crippen LogP contribution < -0.4 is 30.0 Å². The largest absolute Gasteiger partial charge is 0.493 e. The molecule has 0 saturated heterocycles. The average Bonchev–Trinajstić information content (AvgIpc) is 3.20. The molecule has 0 aliphatic carbocycles. The van der Waals surface area contributed by atoms with Crippen molar-refractivity contribution in [1.29, 1.82) is 0 Å². The number of rotatable bonds is 6. The van der Waals surface area contributed by atoms with Gasteiger partial charge in [-0.2, -0.15) is 5.10 Å². The van der Waals surface area contributed by atoms with Gasteiger partial charge in [-0.3, -0.25) is 4.79 Å². The summed E-state index contributed by atoms with van der Waals surface area (Å²) in [6.07, 6.45) is 1.45. The van der Waals surface area contributed by atoms with Gasteiger partial charge in [0.15, 0.2) is 18.1 Å². The summed E-state index contributed by atoms with van der Waals surface area (Å²) in [6, 6.07) is 9.90. The van der Waals surface area contributed by atoms with E-state index in [9.17, 15) is 9.59 Å². The first-order valence-electron chi connectivity index (χ1n) is 9.00. The van der Waals surface area contributed by atoms with E-state index in [0.717, 1.165) is 10.9 Å². The number of amides is 1. The molecule has 1 aromatic heterocycles. The van der Waals surface area contributed by atoms with E-state index in [2.05, 4.69) is 10.5 Å². The number of hydrogen-bond acceptors (Lipinski definition) is 8. The molecule has 9 nitrogen and oxygen atoms in total. The number of ether oxygens (including phenoxy) is 4. The Hall–Kier alpha value is -4.01. The predicted molar refractivity (Wildman–Crippen MR) is 108 cm³/mol. The van der Waals surface area contributed by atoms with Gasteiger partial charge in [0.05, 0.1) is 13.3 Å². The van der Waals surface area contributed by atoms with Crippen LogP contribution in [-0.4, -0.2) is 32.6 Å². The second-order valence-corrected chi connectivity index (χ2v) is 6.45. The number of carbonyl (C=O) groups excluding carboxylic acids is 1. The zero-order valence-corrected chi connectivity index (χ0v) is 16.3. The Morgan fingerprint density at radius 1 is 1.23 bits per heavy atom. The smallest absolute Gasteiger partial charge is 0.336 e. The third-order valence-corrected chi connectivity index (χ3v) is 4.38. The molecule has 154 valence electrons. The molecule has 0 radical (unpaired) electrons. The molecule has 3 aromatic rings. The van der Waals surface area contributed by atoms with Crippen molar-refractivity contribution in [2.24, 2.45) is 5.10 Å². The van der Waals surface area contributed by atoms with Crippen LogP contribution in [-0.2, 0) is 4.79 Å². The quantitative estimate of drug-likeness (QED) is 0.377. The molecule has 1 amide bonds. The maximum absolute atomic E-state index is 12.0. The fraction of sp³-hybridized carbons (Fsp3) is 0.190. The molecule has 0 atom stereocenters. The lowest BCUT2D eigenvalue weighted by Crippen LogP contribution is -2.24. The third kappa shape index (κ3) is 4.04. The van der Waals surface area contributed by atoms with Crippen LogP contribution in [0.15, 0.2) is 50.7 Å². The summed E-state index contributed by atoms with van der Waals surface area (Å²) in [5, 5.41) is 4.71. The van der Waals surface area contributed by atoms with E-state index in [-0.39, 0.29) is 13.4 Å². The highest BCUT2D eigenvalue weighted by Gasteiger charge is 2.19. The molecular formula is C21H18N2O7. The minimum atomic E-state index is -0.454. The molecule has 0 spiro atoms. The normalized spacial score (nSPS) is 12.3. The number of carbonyl (C=O) groups is 1. The Morgan fingerprint density at radius 3 is 2.93 bits per heavy atom. The molecule has 0 fully saturated rings. The lowest BCUT2D eigenvalue weighted by Gasteiger charge is -2.07. The van der Waals surface area contributed by atoms with Crippen molar-refractivity contribution in [3.8, 4) is 23.0 Å². The summed E-state index contributed by atoms with van der Waals surface area (Å²) >= 11 is 0. The van der Waals surface area contributed by atoms with Gasteiger partial charge in [-0.1, -0.05) is 0 Å². The number of fused-ring (bicyclic) bond motifs is 2. The first kappa shape index (κ1) is 19.3. The van der Waals surface area contributed by atoms with E-state index in [4.69, 9.17) is 23.4 Å². The van der Waals surface area contributed by atoms with Crippen LogP contribution in [0.4, 0.5) is 0 Å². The van der Waals surface area contributed by atoms with E-state index < -0.39 is 11.5 Å². The summed E-state index contributed by atoms with van der Waals surface area (Å²) in [5.74, 6) is 1.54. The lowest BCUT2D eigenvalue weighted by atomic mass is 10.1. The van der Waals surface area contributed by atoms with E-state index in [1.54, 1.807) is 30.3 Å². The minimum absolute atomic E-state index is 0.123. The summed E-state index contributed by atoms with van der Waals surface area (Å²) in [4.78, 5) is 23.5. The average molecular weight is 410 g/mol. The van der Waals surface area contributed by atoms with Gasteiger partial charge < -0.3 is 23.4 Å². The summed E-state index contributed by atoms with van der Waals surface area (Å²) in [6.45, 7) is 1.68. The van der Waals surface area contributed by atoms with Crippen molar-refractivity contribution in [3.05, 3.63) is 57.9 Å². The molecule has 0 unspecified atom stereocenters.